The third-order valence-corrected chi connectivity index (χ3v) is 3.31. The van der Waals surface area contributed by atoms with Crippen LogP contribution >= 0.6 is 27.3 Å². The summed E-state index contributed by atoms with van der Waals surface area (Å²) in [4.78, 5) is 5.32. The van der Waals surface area contributed by atoms with Gasteiger partial charge in [0.25, 0.3) is 0 Å². The molecule has 2 heterocycles. The van der Waals surface area contributed by atoms with Gasteiger partial charge in [0.05, 0.1) is 10.3 Å². The van der Waals surface area contributed by atoms with Crippen molar-refractivity contribution in [2.75, 3.05) is 0 Å². The molecule has 0 unspecified atom stereocenters. The quantitative estimate of drug-likeness (QED) is 0.894. The number of rotatable bonds is 4. The topological polar surface area (TPSA) is 53.6 Å². The number of H-pyrrole nitrogens is 1. The maximum absolute atomic E-state index is 4.02. The van der Waals surface area contributed by atoms with Crippen LogP contribution in [0, 0.1) is 0 Å². The van der Waals surface area contributed by atoms with Crippen LogP contribution in [0.15, 0.2) is 22.2 Å². The molecule has 0 aliphatic carbocycles. The van der Waals surface area contributed by atoms with E-state index in [9.17, 15) is 0 Å². The SMILES string of the molecule is Brc1ccc(CNCc2ncn[nH]2)s1. The molecule has 2 rings (SSSR count). The number of thiophene rings is 1. The van der Waals surface area contributed by atoms with Gasteiger partial charge in [-0.15, -0.1) is 11.3 Å². The van der Waals surface area contributed by atoms with Gasteiger partial charge in [0, 0.05) is 11.4 Å². The van der Waals surface area contributed by atoms with Crippen LogP contribution in [-0.2, 0) is 13.1 Å². The summed E-state index contributed by atoms with van der Waals surface area (Å²) in [7, 11) is 0. The molecule has 0 amide bonds. The van der Waals surface area contributed by atoms with Crippen molar-refractivity contribution in [1.82, 2.24) is 20.5 Å². The Morgan fingerprint density at radius 2 is 2.36 bits per heavy atom. The van der Waals surface area contributed by atoms with E-state index in [0.29, 0.717) is 0 Å². The fourth-order valence-corrected chi connectivity index (χ4v) is 2.52. The molecule has 0 saturated carbocycles. The van der Waals surface area contributed by atoms with E-state index in [-0.39, 0.29) is 0 Å². The average molecular weight is 273 g/mol. The standard InChI is InChI=1S/C8H9BrN4S/c9-7-2-1-6(14-7)3-10-4-8-11-5-12-13-8/h1-2,5,10H,3-4H2,(H,11,12,13). The highest BCUT2D eigenvalue weighted by Crippen LogP contribution is 2.21. The van der Waals surface area contributed by atoms with Gasteiger partial charge < -0.3 is 5.32 Å². The molecule has 0 aliphatic heterocycles. The van der Waals surface area contributed by atoms with Gasteiger partial charge in [-0.1, -0.05) is 0 Å². The van der Waals surface area contributed by atoms with Crippen molar-refractivity contribution in [3.8, 4) is 0 Å². The minimum atomic E-state index is 0.718. The molecule has 74 valence electrons. The summed E-state index contributed by atoms with van der Waals surface area (Å²) in [5.74, 6) is 0.862. The van der Waals surface area contributed by atoms with Crippen LogP contribution in [0.5, 0.6) is 0 Å². The van der Waals surface area contributed by atoms with E-state index in [1.807, 2.05) is 0 Å². The third kappa shape index (κ3) is 2.63. The van der Waals surface area contributed by atoms with E-state index in [2.05, 4.69) is 48.6 Å². The predicted octanol–water partition coefficient (Wildman–Crippen LogP) is 1.92. The summed E-state index contributed by atoms with van der Waals surface area (Å²) in [5, 5.41) is 9.84. The molecule has 0 aliphatic rings. The van der Waals surface area contributed by atoms with Crippen LogP contribution in [0.1, 0.15) is 10.7 Å². The predicted molar refractivity (Wildman–Crippen MR) is 58.9 cm³/mol. The van der Waals surface area contributed by atoms with Crippen molar-refractivity contribution < 1.29 is 0 Å². The molecule has 0 aromatic carbocycles. The fourth-order valence-electron chi connectivity index (χ4n) is 1.07. The summed E-state index contributed by atoms with van der Waals surface area (Å²) in [6.07, 6.45) is 1.51. The Balaban J connectivity index is 1.78. The van der Waals surface area contributed by atoms with Crippen LogP contribution in [0.4, 0.5) is 0 Å². The Hall–Kier alpha value is -0.720. The number of halogens is 1. The Morgan fingerprint density at radius 3 is 3.00 bits per heavy atom. The molecule has 2 aromatic rings. The van der Waals surface area contributed by atoms with Gasteiger partial charge in [-0.2, -0.15) is 5.10 Å². The van der Waals surface area contributed by atoms with Gasteiger partial charge in [0.15, 0.2) is 0 Å². The Labute approximate surface area is 93.9 Å². The number of aromatic nitrogens is 3. The van der Waals surface area contributed by atoms with Gasteiger partial charge in [0.1, 0.15) is 12.2 Å². The normalized spacial score (nSPS) is 10.6. The summed E-state index contributed by atoms with van der Waals surface area (Å²) < 4.78 is 1.16. The lowest BCUT2D eigenvalue weighted by molar-refractivity contribution is 0.671. The van der Waals surface area contributed by atoms with Crippen molar-refractivity contribution in [1.29, 1.82) is 0 Å². The lowest BCUT2D eigenvalue weighted by atomic mass is 10.4. The minimum Gasteiger partial charge on any atom is -0.305 e. The zero-order chi connectivity index (χ0) is 9.80. The molecule has 0 spiro atoms. The first-order valence-corrected chi connectivity index (χ1v) is 5.75. The molecule has 0 atom stereocenters. The zero-order valence-electron chi connectivity index (χ0n) is 7.33. The number of aromatic amines is 1. The van der Waals surface area contributed by atoms with Crippen LogP contribution < -0.4 is 5.32 Å². The summed E-state index contributed by atoms with van der Waals surface area (Å²) in [6, 6.07) is 4.15. The summed E-state index contributed by atoms with van der Waals surface area (Å²) in [5.41, 5.74) is 0. The van der Waals surface area contributed by atoms with Gasteiger partial charge >= 0.3 is 0 Å². The Morgan fingerprint density at radius 1 is 1.43 bits per heavy atom. The monoisotopic (exact) mass is 272 g/mol. The van der Waals surface area contributed by atoms with E-state index >= 15 is 0 Å². The van der Waals surface area contributed by atoms with Crippen LogP contribution in [-0.4, -0.2) is 15.2 Å². The largest absolute Gasteiger partial charge is 0.305 e. The minimum absolute atomic E-state index is 0.718. The van der Waals surface area contributed by atoms with E-state index in [0.717, 1.165) is 22.7 Å². The molecular formula is C8H9BrN4S. The van der Waals surface area contributed by atoms with Crippen molar-refractivity contribution in [2.24, 2.45) is 0 Å². The van der Waals surface area contributed by atoms with Gasteiger partial charge in [-0.05, 0) is 28.1 Å². The van der Waals surface area contributed by atoms with Crippen molar-refractivity contribution >= 4 is 27.3 Å². The Kier molecular flexibility index (Phi) is 3.28. The zero-order valence-corrected chi connectivity index (χ0v) is 9.73. The number of hydrogen-bond donors (Lipinski definition) is 2. The Bertz CT molecular complexity index is 384. The molecular weight excluding hydrogens is 264 g/mol. The van der Waals surface area contributed by atoms with Crippen molar-refractivity contribution in [3.63, 3.8) is 0 Å². The fraction of sp³-hybridized carbons (Fsp3) is 0.250. The second-order valence-corrected chi connectivity index (χ2v) is 5.29. The first kappa shape index (κ1) is 9.82. The summed E-state index contributed by atoms with van der Waals surface area (Å²) >= 11 is 5.16. The maximum atomic E-state index is 4.02. The first-order valence-electron chi connectivity index (χ1n) is 4.14. The lowest BCUT2D eigenvalue weighted by Gasteiger charge is -1.98. The molecule has 6 heteroatoms. The number of hydrogen-bond acceptors (Lipinski definition) is 4. The molecule has 2 aromatic heterocycles. The van der Waals surface area contributed by atoms with Gasteiger partial charge in [-0.3, -0.25) is 5.10 Å². The highest BCUT2D eigenvalue weighted by Gasteiger charge is 1.98. The lowest BCUT2D eigenvalue weighted by Crippen LogP contribution is -2.12. The molecule has 0 radical (unpaired) electrons. The van der Waals surface area contributed by atoms with E-state index in [1.54, 1.807) is 11.3 Å². The third-order valence-electron chi connectivity index (χ3n) is 1.69. The van der Waals surface area contributed by atoms with Crippen LogP contribution in [0.2, 0.25) is 0 Å². The molecule has 14 heavy (non-hydrogen) atoms. The molecule has 4 nitrogen and oxygen atoms in total. The second-order valence-electron chi connectivity index (χ2n) is 2.74. The molecule has 0 saturated heterocycles. The van der Waals surface area contributed by atoms with Gasteiger partial charge in [0.2, 0.25) is 0 Å². The average Bonchev–Trinajstić information content (AvgIpc) is 2.77. The van der Waals surface area contributed by atoms with E-state index < -0.39 is 0 Å². The second kappa shape index (κ2) is 4.68. The smallest absolute Gasteiger partial charge is 0.138 e. The molecule has 2 N–H and O–H groups in total. The van der Waals surface area contributed by atoms with Gasteiger partial charge in [-0.25, -0.2) is 4.98 Å². The highest BCUT2D eigenvalue weighted by atomic mass is 79.9. The molecule has 0 bridgehead atoms. The number of nitrogens with zero attached hydrogens (tertiary/aromatic N) is 2. The van der Waals surface area contributed by atoms with Crippen molar-refractivity contribution in [3.05, 3.63) is 32.9 Å². The first-order chi connectivity index (χ1) is 6.84. The maximum Gasteiger partial charge on any atom is 0.138 e. The number of nitrogens with one attached hydrogen (secondary N) is 2. The highest BCUT2D eigenvalue weighted by molar-refractivity contribution is 9.11. The van der Waals surface area contributed by atoms with E-state index in [4.69, 9.17) is 0 Å². The molecule has 0 fully saturated rings. The summed E-state index contributed by atoms with van der Waals surface area (Å²) in [6.45, 7) is 1.58. The van der Waals surface area contributed by atoms with E-state index in [1.165, 1.54) is 11.2 Å². The van der Waals surface area contributed by atoms with Crippen LogP contribution in [0.3, 0.4) is 0 Å². The van der Waals surface area contributed by atoms with Crippen molar-refractivity contribution in [2.45, 2.75) is 13.1 Å². The van der Waals surface area contributed by atoms with Crippen LogP contribution in [0.25, 0.3) is 0 Å².